The normalized spacial score (nSPS) is 12.6. The lowest BCUT2D eigenvalue weighted by atomic mass is 10.0. The van der Waals surface area contributed by atoms with Crippen LogP contribution in [0.4, 0.5) is 8.78 Å². The van der Waals surface area contributed by atoms with Crippen LogP contribution >= 0.6 is 0 Å². The smallest absolute Gasteiger partial charge is 0.308 e. The van der Waals surface area contributed by atoms with Crippen LogP contribution in [0.15, 0.2) is 29.1 Å². The molecule has 0 N–H and O–H groups in total. The van der Waals surface area contributed by atoms with E-state index in [2.05, 4.69) is 18.8 Å². The molecule has 0 bridgehead atoms. The molecule has 1 aromatic carbocycles. The maximum Gasteiger partial charge on any atom is 0.308 e. The van der Waals surface area contributed by atoms with Gasteiger partial charge < -0.3 is 14.0 Å². The minimum absolute atomic E-state index is 0.0424. The Bertz CT molecular complexity index is 1240. The van der Waals surface area contributed by atoms with Gasteiger partial charge in [0.1, 0.15) is 0 Å². The lowest BCUT2D eigenvalue weighted by Crippen LogP contribution is -2.25. The molecule has 32 heavy (non-hydrogen) atoms. The first-order valence-electron chi connectivity index (χ1n) is 10.4. The van der Waals surface area contributed by atoms with E-state index >= 15 is 0 Å². The average Bonchev–Trinajstić information content (AvgIpc) is 3.12. The number of pyridine rings is 2. The number of halogens is 2. The Hall–Kier alpha value is -3.13. The van der Waals surface area contributed by atoms with Crippen LogP contribution in [0.3, 0.4) is 0 Å². The Morgan fingerprint density at radius 2 is 1.81 bits per heavy atom. The SMILES string of the molecule is CCC.COC(=O)CC(OC)c1cc2n(c(=O)c1C)Cc1cc3cc(F)c(F)cc3nc1-2. The van der Waals surface area contributed by atoms with Crippen molar-refractivity contribution in [2.24, 2.45) is 0 Å². The molecular formula is C24H26F2N2O4. The van der Waals surface area contributed by atoms with E-state index in [1.54, 1.807) is 23.6 Å². The van der Waals surface area contributed by atoms with E-state index in [1.165, 1.54) is 20.6 Å². The molecule has 1 aliphatic rings. The molecule has 6 nitrogen and oxygen atoms in total. The summed E-state index contributed by atoms with van der Waals surface area (Å²) in [6, 6.07) is 5.61. The number of ether oxygens (including phenoxy) is 2. The summed E-state index contributed by atoms with van der Waals surface area (Å²) in [5.41, 5.74) is 2.89. The van der Waals surface area contributed by atoms with Gasteiger partial charge in [0.25, 0.3) is 5.56 Å². The van der Waals surface area contributed by atoms with Gasteiger partial charge in [-0.25, -0.2) is 13.8 Å². The van der Waals surface area contributed by atoms with Gasteiger partial charge in [0.2, 0.25) is 0 Å². The lowest BCUT2D eigenvalue weighted by Gasteiger charge is -2.18. The van der Waals surface area contributed by atoms with Crippen molar-refractivity contribution in [1.29, 1.82) is 0 Å². The Morgan fingerprint density at radius 3 is 2.44 bits per heavy atom. The number of fused-ring (bicyclic) bond motifs is 4. The number of aromatic nitrogens is 2. The van der Waals surface area contributed by atoms with Gasteiger partial charge in [0, 0.05) is 29.7 Å². The van der Waals surface area contributed by atoms with Crippen molar-refractivity contribution < 1.29 is 23.0 Å². The monoisotopic (exact) mass is 444 g/mol. The second-order valence-electron chi connectivity index (χ2n) is 7.67. The van der Waals surface area contributed by atoms with Crippen LogP contribution in [0, 0.1) is 18.6 Å². The second kappa shape index (κ2) is 9.56. The summed E-state index contributed by atoms with van der Waals surface area (Å²) in [4.78, 5) is 29.2. The summed E-state index contributed by atoms with van der Waals surface area (Å²) in [6.45, 7) is 6.20. The van der Waals surface area contributed by atoms with Crippen molar-refractivity contribution in [2.45, 2.75) is 46.3 Å². The molecule has 1 aliphatic heterocycles. The maximum atomic E-state index is 13.7. The number of esters is 1. The van der Waals surface area contributed by atoms with E-state index in [1.807, 2.05) is 0 Å². The highest BCUT2D eigenvalue weighted by Gasteiger charge is 2.27. The molecule has 0 fully saturated rings. The van der Waals surface area contributed by atoms with Crippen LogP contribution in [0.1, 0.15) is 49.5 Å². The molecule has 2 aromatic heterocycles. The first-order chi connectivity index (χ1) is 15.2. The van der Waals surface area contributed by atoms with E-state index < -0.39 is 23.7 Å². The van der Waals surface area contributed by atoms with E-state index in [-0.39, 0.29) is 18.5 Å². The fourth-order valence-corrected chi connectivity index (χ4v) is 3.74. The summed E-state index contributed by atoms with van der Waals surface area (Å²) < 4.78 is 38.9. The zero-order valence-corrected chi connectivity index (χ0v) is 18.8. The molecule has 0 saturated heterocycles. The number of nitrogens with zero attached hydrogens (tertiary/aromatic N) is 2. The Balaban J connectivity index is 0.000000913. The Labute approximate surface area is 184 Å². The summed E-state index contributed by atoms with van der Waals surface area (Å²) in [6.07, 6.45) is 0.552. The summed E-state index contributed by atoms with van der Waals surface area (Å²) in [5.74, 6) is -2.39. The van der Waals surface area contributed by atoms with Gasteiger partial charge >= 0.3 is 5.97 Å². The molecule has 0 aliphatic carbocycles. The Morgan fingerprint density at radius 1 is 1.16 bits per heavy atom. The molecule has 3 aromatic rings. The van der Waals surface area contributed by atoms with Gasteiger partial charge in [-0.2, -0.15) is 0 Å². The zero-order valence-electron chi connectivity index (χ0n) is 18.8. The molecule has 0 saturated carbocycles. The zero-order chi connectivity index (χ0) is 23.6. The molecule has 1 atom stereocenters. The van der Waals surface area contributed by atoms with Gasteiger partial charge in [-0.1, -0.05) is 20.3 Å². The number of benzene rings is 1. The molecule has 170 valence electrons. The minimum Gasteiger partial charge on any atom is -0.469 e. The van der Waals surface area contributed by atoms with Gasteiger partial charge in [-0.05, 0) is 30.7 Å². The predicted octanol–water partition coefficient (Wildman–Crippen LogP) is 4.68. The first-order valence-corrected chi connectivity index (χ1v) is 10.4. The van der Waals surface area contributed by atoms with Crippen LogP contribution in [-0.4, -0.2) is 29.7 Å². The van der Waals surface area contributed by atoms with Crippen molar-refractivity contribution in [3.05, 3.63) is 62.9 Å². The predicted molar refractivity (Wildman–Crippen MR) is 118 cm³/mol. The number of methoxy groups -OCH3 is 2. The molecule has 4 rings (SSSR count). The van der Waals surface area contributed by atoms with Crippen molar-refractivity contribution in [1.82, 2.24) is 9.55 Å². The van der Waals surface area contributed by atoms with Crippen molar-refractivity contribution in [3.63, 3.8) is 0 Å². The second-order valence-corrected chi connectivity index (χ2v) is 7.67. The largest absolute Gasteiger partial charge is 0.469 e. The molecule has 0 spiro atoms. The number of carbonyl (C=O) groups is 1. The van der Waals surface area contributed by atoms with Gasteiger partial charge in [-0.3, -0.25) is 9.59 Å². The molecule has 0 radical (unpaired) electrons. The van der Waals surface area contributed by atoms with Gasteiger partial charge in [0.05, 0.1) is 43.1 Å². The quantitative estimate of drug-likeness (QED) is 0.428. The molecule has 3 heterocycles. The van der Waals surface area contributed by atoms with Gasteiger partial charge in [0.15, 0.2) is 11.6 Å². The third-order valence-corrected chi connectivity index (χ3v) is 5.30. The van der Waals surface area contributed by atoms with Crippen molar-refractivity contribution >= 4 is 16.9 Å². The highest BCUT2D eigenvalue weighted by atomic mass is 19.2. The van der Waals surface area contributed by atoms with Crippen LogP contribution < -0.4 is 5.56 Å². The first kappa shape index (κ1) is 23.5. The standard InChI is InChI=1S/C21H18F2N2O4.C3H8/c1-10-13(18(28-2)8-19(26)29-3)6-17-20-12(9-25(17)21(10)27)4-11-5-14(22)15(23)7-16(11)24-20;1-3-2/h4-7,18H,8-9H2,1-3H3;3H2,1-2H3. The van der Waals surface area contributed by atoms with Crippen LogP contribution in [0.25, 0.3) is 22.3 Å². The summed E-state index contributed by atoms with van der Waals surface area (Å²) >= 11 is 0. The van der Waals surface area contributed by atoms with Gasteiger partial charge in [-0.15, -0.1) is 0 Å². The molecule has 8 heteroatoms. The third-order valence-electron chi connectivity index (χ3n) is 5.30. The molecule has 1 unspecified atom stereocenters. The third kappa shape index (κ3) is 4.27. The summed E-state index contributed by atoms with van der Waals surface area (Å²) in [7, 11) is 2.74. The van der Waals surface area contributed by atoms with E-state index in [0.717, 1.165) is 17.7 Å². The maximum absolute atomic E-state index is 13.7. The van der Waals surface area contributed by atoms with Crippen LogP contribution in [0.5, 0.6) is 0 Å². The fourth-order valence-electron chi connectivity index (χ4n) is 3.74. The number of hydrogen-bond acceptors (Lipinski definition) is 5. The van der Waals surface area contributed by atoms with Crippen molar-refractivity contribution in [3.8, 4) is 11.4 Å². The van der Waals surface area contributed by atoms with Crippen LogP contribution in [-0.2, 0) is 20.8 Å². The van der Waals surface area contributed by atoms with E-state index in [9.17, 15) is 18.4 Å². The number of carbonyl (C=O) groups excluding carboxylic acids is 1. The van der Waals surface area contributed by atoms with Crippen LogP contribution in [0.2, 0.25) is 0 Å². The Kier molecular flexibility index (Phi) is 7.03. The fraction of sp³-hybridized carbons (Fsp3) is 0.375. The highest BCUT2D eigenvalue weighted by molar-refractivity contribution is 5.84. The van der Waals surface area contributed by atoms with E-state index in [4.69, 9.17) is 9.47 Å². The minimum atomic E-state index is -0.984. The average molecular weight is 444 g/mol. The molecule has 0 amide bonds. The molecular weight excluding hydrogens is 418 g/mol. The van der Waals surface area contributed by atoms with Crippen molar-refractivity contribution in [2.75, 3.05) is 14.2 Å². The summed E-state index contributed by atoms with van der Waals surface area (Å²) in [5, 5.41) is 0.459. The number of rotatable bonds is 4. The lowest BCUT2D eigenvalue weighted by molar-refractivity contribution is -0.143. The number of hydrogen-bond donors (Lipinski definition) is 0. The van der Waals surface area contributed by atoms with E-state index in [0.29, 0.717) is 33.4 Å². The highest BCUT2D eigenvalue weighted by Crippen LogP contribution is 2.35. The topological polar surface area (TPSA) is 70.4 Å².